The number of nitrogens with zero attached hydrogens (tertiary/aromatic N) is 4. The molecular formula is C12H15BrN4. The Bertz CT molecular complexity index is 524. The molecule has 0 amide bonds. The minimum absolute atomic E-state index is 0.868. The van der Waals surface area contributed by atoms with Crippen LogP contribution in [0.1, 0.15) is 24.0 Å². The molecule has 2 heterocycles. The summed E-state index contributed by atoms with van der Waals surface area (Å²) in [6.07, 6.45) is 9.77. The van der Waals surface area contributed by atoms with E-state index >= 15 is 0 Å². The van der Waals surface area contributed by atoms with Crippen molar-refractivity contribution in [3.8, 4) is 0 Å². The minimum Gasteiger partial charge on any atom is -0.274 e. The first-order chi connectivity index (χ1) is 8.20. The summed E-state index contributed by atoms with van der Waals surface area (Å²) in [5, 5.41) is 8.68. The Morgan fingerprint density at radius 2 is 2.24 bits per heavy atom. The van der Waals surface area contributed by atoms with E-state index in [1.54, 1.807) is 0 Å². The van der Waals surface area contributed by atoms with E-state index in [1.807, 2.05) is 24.1 Å². The third-order valence-electron chi connectivity index (χ3n) is 3.08. The maximum Gasteiger partial charge on any atom is 0.131 e. The third kappa shape index (κ3) is 2.60. The zero-order valence-electron chi connectivity index (χ0n) is 9.80. The SMILES string of the molecule is Cn1cc(Cc2cnn(CC3CC3)c2)c(Br)n1. The van der Waals surface area contributed by atoms with Crippen molar-refractivity contribution in [3.05, 3.63) is 34.3 Å². The van der Waals surface area contributed by atoms with E-state index in [0.29, 0.717) is 0 Å². The van der Waals surface area contributed by atoms with Crippen molar-refractivity contribution in [2.75, 3.05) is 0 Å². The van der Waals surface area contributed by atoms with Gasteiger partial charge in [0.1, 0.15) is 4.60 Å². The van der Waals surface area contributed by atoms with Crippen LogP contribution in [-0.4, -0.2) is 19.6 Å². The van der Waals surface area contributed by atoms with Gasteiger partial charge >= 0.3 is 0 Å². The monoisotopic (exact) mass is 294 g/mol. The summed E-state index contributed by atoms with van der Waals surface area (Å²) >= 11 is 3.47. The predicted molar refractivity (Wildman–Crippen MR) is 68.7 cm³/mol. The molecule has 0 saturated heterocycles. The highest BCUT2D eigenvalue weighted by molar-refractivity contribution is 9.10. The van der Waals surface area contributed by atoms with Gasteiger partial charge in [0.05, 0.1) is 6.20 Å². The Morgan fingerprint density at radius 1 is 1.41 bits per heavy atom. The van der Waals surface area contributed by atoms with Crippen molar-refractivity contribution >= 4 is 15.9 Å². The van der Waals surface area contributed by atoms with Gasteiger partial charge in [-0.25, -0.2) is 0 Å². The van der Waals surface area contributed by atoms with E-state index in [1.165, 1.54) is 24.0 Å². The molecule has 1 saturated carbocycles. The van der Waals surface area contributed by atoms with Crippen molar-refractivity contribution in [3.63, 3.8) is 0 Å². The molecule has 0 bridgehead atoms. The average Bonchev–Trinajstić information content (AvgIpc) is 2.88. The molecule has 5 heteroatoms. The summed E-state index contributed by atoms with van der Waals surface area (Å²) in [6, 6.07) is 0. The second-order valence-corrected chi connectivity index (χ2v) is 5.56. The summed E-state index contributed by atoms with van der Waals surface area (Å²) in [7, 11) is 1.94. The average molecular weight is 295 g/mol. The molecule has 3 rings (SSSR count). The summed E-state index contributed by atoms with van der Waals surface area (Å²) in [4.78, 5) is 0. The Morgan fingerprint density at radius 3 is 2.88 bits per heavy atom. The molecule has 2 aromatic heterocycles. The lowest BCUT2D eigenvalue weighted by atomic mass is 10.2. The molecule has 1 aliphatic rings. The summed E-state index contributed by atoms with van der Waals surface area (Å²) in [5.74, 6) is 0.868. The molecule has 2 aromatic rings. The highest BCUT2D eigenvalue weighted by Crippen LogP contribution is 2.30. The van der Waals surface area contributed by atoms with Gasteiger partial charge in [0.2, 0.25) is 0 Å². The van der Waals surface area contributed by atoms with Crippen molar-refractivity contribution in [2.45, 2.75) is 25.8 Å². The molecular weight excluding hydrogens is 280 g/mol. The molecule has 4 nitrogen and oxygen atoms in total. The number of hydrogen-bond donors (Lipinski definition) is 0. The Balaban J connectivity index is 1.71. The fourth-order valence-electron chi connectivity index (χ4n) is 2.01. The minimum atomic E-state index is 0.868. The van der Waals surface area contributed by atoms with E-state index in [-0.39, 0.29) is 0 Å². The zero-order chi connectivity index (χ0) is 11.8. The van der Waals surface area contributed by atoms with E-state index in [4.69, 9.17) is 0 Å². The van der Waals surface area contributed by atoms with Crippen LogP contribution < -0.4 is 0 Å². The van der Waals surface area contributed by atoms with Gasteiger partial charge in [-0.1, -0.05) is 0 Å². The number of rotatable bonds is 4. The maximum absolute atomic E-state index is 4.40. The lowest BCUT2D eigenvalue weighted by Gasteiger charge is -1.97. The van der Waals surface area contributed by atoms with E-state index < -0.39 is 0 Å². The van der Waals surface area contributed by atoms with Crippen LogP contribution in [0.4, 0.5) is 0 Å². The van der Waals surface area contributed by atoms with Crippen LogP contribution in [0.5, 0.6) is 0 Å². The molecule has 0 atom stereocenters. The fraction of sp³-hybridized carbons (Fsp3) is 0.500. The third-order valence-corrected chi connectivity index (χ3v) is 3.74. The molecule has 0 unspecified atom stereocenters. The zero-order valence-corrected chi connectivity index (χ0v) is 11.4. The van der Waals surface area contributed by atoms with Gasteiger partial charge in [-0.2, -0.15) is 10.2 Å². The normalized spacial score (nSPS) is 15.4. The quantitative estimate of drug-likeness (QED) is 0.868. The molecule has 0 aliphatic heterocycles. The second-order valence-electron chi connectivity index (χ2n) is 4.81. The van der Waals surface area contributed by atoms with Gasteiger partial charge in [-0.3, -0.25) is 9.36 Å². The van der Waals surface area contributed by atoms with E-state index in [9.17, 15) is 0 Å². The maximum atomic E-state index is 4.40. The number of aromatic nitrogens is 4. The van der Waals surface area contributed by atoms with Crippen LogP contribution in [-0.2, 0) is 20.0 Å². The highest BCUT2D eigenvalue weighted by Gasteiger charge is 2.22. The molecule has 90 valence electrons. The number of halogens is 1. The number of hydrogen-bond acceptors (Lipinski definition) is 2. The summed E-state index contributed by atoms with van der Waals surface area (Å²) < 4.78 is 4.82. The smallest absolute Gasteiger partial charge is 0.131 e. The first kappa shape index (κ1) is 11.0. The van der Waals surface area contributed by atoms with Crippen molar-refractivity contribution < 1.29 is 0 Å². The predicted octanol–water partition coefficient (Wildman–Crippen LogP) is 2.38. The van der Waals surface area contributed by atoms with Crippen molar-refractivity contribution in [2.24, 2.45) is 13.0 Å². The van der Waals surface area contributed by atoms with Crippen LogP contribution >= 0.6 is 15.9 Å². The fourth-order valence-corrected chi connectivity index (χ4v) is 2.50. The van der Waals surface area contributed by atoms with Gasteiger partial charge in [-0.15, -0.1) is 0 Å². The molecule has 0 radical (unpaired) electrons. The van der Waals surface area contributed by atoms with Gasteiger partial charge < -0.3 is 0 Å². The van der Waals surface area contributed by atoms with E-state index in [2.05, 4.69) is 37.0 Å². The van der Waals surface area contributed by atoms with Crippen LogP contribution in [0, 0.1) is 5.92 Å². The lowest BCUT2D eigenvalue weighted by molar-refractivity contribution is 0.563. The van der Waals surface area contributed by atoms with E-state index in [0.717, 1.165) is 23.5 Å². The first-order valence-electron chi connectivity index (χ1n) is 5.90. The highest BCUT2D eigenvalue weighted by atomic mass is 79.9. The van der Waals surface area contributed by atoms with Crippen LogP contribution in [0.3, 0.4) is 0 Å². The van der Waals surface area contributed by atoms with Crippen molar-refractivity contribution in [1.82, 2.24) is 19.6 Å². The van der Waals surface area contributed by atoms with Gasteiger partial charge in [0.25, 0.3) is 0 Å². The summed E-state index contributed by atoms with van der Waals surface area (Å²) in [6.45, 7) is 1.08. The van der Waals surface area contributed by atoms with Gasteiger partial charge in [0, 0.05) is 38.0 Å². The molecule has 0 N–H and O–H groups in total. The van der Waals surface area contributed by atoms with Crippen molar-refractivity contribution in [1.29, 1.82) is 0 Å². The Kier molecular flexibility index (Phi) is 2.78. The molecule has 17 heavy (non-hydrogen) atoms. The lowest BCUT2D eigenvalue weighted by Crippen LogP contribution is -1.99. The molecule has 1 fully saturated rings. The molecule has 1 aliphatic carbocycles. The van der Waals surface area contributed by atoms with Gasteiger partial charge in [0.15, 0.2) is 0 Å². The standard InChI is InChI=1S/C12H15BrN4/c1-16-8-11(12(13)15-16)4-10-5-14-17(7-10)6-9-2-3-9/h5,7-9H,2-4,6H2,1H3. The molecule has 0 spiro atoms. The topological polar surface area (TPSA) is 35.6 Å². The molecule has 0 aromatic carbocycles. The van der Waals surface area contributed by atoms with Crippen LogP contribution in [0.25, 0.3) is 0 Å². The Hall–Kier alpha value is -1.10. The first-order valence-corrected chi connectivity index (χ1v) is 6.69. The summed E-state index contributed by atoms with van der Waals surface area (Å²) in [5.41, 5.74) is 2.46. The largest absolute Gasteiger partial charge is 0.274 e. The number of aryl methyl sites for hydroxylation is 1. The van der Waals surface area contributed by atoms with Crippen LogP contribution in [0.2, 0.25) is 0 Å². The second kappa shape index (κ2) is 4.29. The Labute approximate surface area is 109 Å². The van der Waals surface area contributed by atoms with Crippen LogP contribution in [0.15, 0.2) is 23.2 Å². The van der Waals surface area contributed by atoms with Gasteiger partial charge in [-0.05, 0) is 40.3 Å².